The van der Waals surface area contributed by atoms with Gasteiger partial charge in [0.2, 0.25) is 0 Å². The Hall–Kier alpha value is -0.640. The van der Waals surface area contributed by atoms with E-state index < -0.39 is 22.6 Å². The van der Waals surface area contributed by atoms with E-state index >= 15 is 0 Å². The number of alkyl halides is 3. The van der Waals surface area contributed by atoms with Crippen LogP contribution in [0, 0.1) is 0 Å². The topological polar surface area (TPSA) is 0 Å². The molecule has 1 aliphatic rings. The Morgan fingerprint density at radius 1 is 1.00 bits per heavy atom. The molecule has 0 aromatic heterocycles. The van der Waals surface area contributed by atoms with Gasteiger partial charge in [0, 0.05) is 0 Å². The van der Waals surface area contributed by atoms with E-state index in [9.17, 15) is 13.2 Å². The number of hydrogen-bond donors (Lipinski definition) is 1. The average Bonchev–Trinajstić information content (AvgIpc) is 2.69. The minimum atomic E-state index is -4.19. The van der Waals surface area contributed by atoms with E-state index in [0.717, 1.165) is 24.3 Å². The van der Waals surface area contributed by atoms with Crippen LogP contribution in [0.2, 0.25) is 0 Å². The maximum absolute atomic E-state index is 12.7. The summed E-state index contributed by atoms with van der Waals surface area (Å²) >= 11 is 0. The maximum Gasteiger partial charge on any atom is 0.417 e. The molecule has 1 fully saturated rings. The normalized spacial score (nSPS) is 19.5. The van der Waals surface area contributed by atoms with Crippen molar-refractivity contribution in [1.82, 2.24) is 0 Å². The Labute approximate surface area is 89.8 Å². The highest BCUT2D eigenvalue weighted by Gasteiger charge is 2.34. The van der Waals surface area contributed by atoms with E-state index in [4.69, 9.17) is 0 Å². The number of benzene rings is 1. The molecule has 0 atom stereocenters. The first-order chi connectivity index (χ1) is 7.09. The molecule has 2 rings (SSSR count). The summed E-state index contributed by atoms with van der Waals surface area (Å²) in [5.41, 5.74) is -0.419. The van der Waals surface area contributed by atoms with E-state index in [1.54, 1.807) is 12.1 Å². The standard InChI is InChI=1S/C11H13F3S/c12-11(13,14)9-5-1-2-6-10(9)15-7-3-4-8-15/h1-2,5-6,15H,3-4,7-8H2. The first-order valence-corrected chi connectivity index (χ1v) is 6.71. The quantitative estimate of drug-likeness (QED) is 0.701. The Morgan fingerprint density at radius 2 is 1.60 bits per heavy atom. The van der Waals surface area contributed by atoms with Crippen LogP contribution in [-0.4, -0.2) is 11.5 Å². The molecule has 1 aromatic carbocycles. The molecule has 1 aromatic rings. The SMILES string of the molecule is FC(F)(F)c1ccccc1[SH]1CCCC1. The van der Waals surface area contributed by atoms with Gasteiger partial charge < -0.3 is 0 Å². The monoisotopic (exact) mass is 234 g/mol. The zero-order valence-electron chi connectivity index (χ0n) is 8.22. The van der Waals surface area contributed by atoms with Crippen molar-refractivity contribution in [1.29, 1.82) is 0 Å². The van der Waals surface area contributed by atoms with Crippen molar-refractivity contribution in [3.63, 3.8) is 0 Å². The minimum Gasteiger partial charge on any atom is -0.226 e. The largest absolute Gasteiger partial charge is 0.417 e. The Bertz CT molecular complexity index is 340. The number of hydrogen-bond acceptors (Lipinski definition) is 0. The first kappa shape index (κ1) is 10.9. The van der Waals surface area contributed by atoms with Gasteiger partial charge >= 0.3 is 6.18 Å². The second-order valence-corrected chi connectivity index (χ2v) is 6.16. The van der Waals surface area contributed by atoms with Crippen LogP contribution in [0.15, 0.2) is 29.2 Å². The van der Waals surface area contributed by atoms with Crippen molar-refractivity contribution in [2.24, 2.45) is 0 Å². The molecule has 4 heteroatoms. The van der Waals surface area contributed by atoms with E-state index in [2.05, 4.69) is 0 Å². The second-order valence-electron chi connectivity index (χ2n) is 3.71. The predicted octanol–water partition coefficient (Wildman–Crippen LogP) is 3.86. The molecule has 0 N–H and O–H groups in total. The summed E-state index contributed by atoms with van der Waals surface area (Å²) in [6.45, 7) is 0. The molecule has 0 nitrogen and oxygen atoms in total. The highest BCUT2D eigenvalue weighted by molar-refractivity contribution is 8.17. The van der Waals surface area contributed by atoms with Crippen molar-refractivity contribution in [3.05, 3.63) is 29.8 Å². The third kappa shape index (κ3) is 2.30. The number of halogens is 3. The molecule has 0 bridgehead atoms. The molecule has 0 spiro atoms. The van der Waals surface area contributed by atoms with Gasteiger partial charge in [-0.1, -0.05) is 12.1 Å². The summed E-state index contributed by atoms with van der Waals surface area (Å²) in [6, 6.07) is 6.04. The van der Waals surface area contributed by atoms with Crippen molar-refractivity contribution >= 4 is 10.9 Å². The molecule has 0 radical (unpaired) electrons. The molecule has 0 amide bonds. The first-order valence-electron chi connectivity index (χ1n) is 5.00. The van der Waals surface area contributed by atoms with Crippen LogP contribution in [0.1, 0.15) is 18.4 Å². The van der Waals surface area contributed by atoms with E-state index in [-0.39, 0.29) is 0 Å². The highest BCUT2D eigenvalue weighted by Crippen LogP contribution is 2.48. The average molecular weight is 234 g/mol. The van der Waals surface area contributed by atoms with E-state index in [0.29, 0.717) is 4.90 Å². The summed E-state index contributed by atoms with van der Waals surface area (Å²) in [7, 11) is -0.545. The summed E-state index contributed by atoms with van der Waals surface area (Å²) in [5, 5.41) is 0. The van der Waals surface area contributed by atoms with Gasteiger partial charge in [0.25, 0.3) is 0 Å². The molecule has 1 heterocycles. The van der Waals surface area contributed by atoms with Crippen molar-refractivity contribution in [3.8, 4) is 0 Å². The maximum atomic E-state index is 12.7. The number of thiol groups is 1. The van der Waals surface area contributed by atoms with Gasteiger partial charge in [-0.2, -0.15) is 13.2 Å². The second kappa shape index (κ2) is 4.08. The lowest BCUT2D eigenvalue weighted by Gasteiger charge is -2.20. The summed E-state index contributed by atoms with van der Waals surface area (Å²) in [6.07, 6.45) is -2.03. The third-order valence-corrected chi connectivity index (χ3v) is 5.44. The molecule has 1 saturated heterocycles. The van der Waals surface area contributed by atoms with Gasteiger partial charge in [-0.15, -0.1) is 0 Å². The predicted molar refractivity (Wildman–Crippen MR) is 57.7 cm³/mol. The van der Waals surface area contributed by atoms with Gasteiger partial charge in [-0.3, -0.25) is 0 Å². The lowest BCUT2D eigenvalue weighted by atomic mass is 10.2. The molecule has 0 saturated carbocycles. The summed E-state index contributed by atoms with van der Waals surface area (Å²) in [5.74, 6) is 1.92. The van der Waals surface area contributed by atoms with Crippen molar-refractivity contribution in [2.75, 3.05) is 11.5 Å². The Morgan fingerprint density at radius 3 is 2.20 bits per heavy atom. The van der Waals surface area contributed by atoms with Crippen molar-refractivity contribution < 1.29 is 13.2 Å². The molecular formula is C11H13F3S. The Balaban J connectivity index is 2.37. The fourth-order valence-corrected chi connectivity index (χ4v) is 4.70. The van der Waals surface area contributed by atoms with Crippen LogP contribution < -0.4 is 0 Å². The van der Waals surface area contributed by atoms with Crippen LogP contribution in [0.4, 0.5) is 13.2 Å². The van der Waals surface area contributed by atoms with Gasteiger partial charge in [-0.05, 0) is 41.4 Å². The minimum absolute atomic E-state index is 0.419. The van der Waals surface area contributed by atoms with Gasteiger partial charge in [-0.25, -0.2) is 10.9 Å². The van der Waals surface area contributed by atoms with E-state index in [1.165, 1.54) is 12.1 Å². The van der Waals surface area contributed by atoms with E-state index in [1.807, 2.05) is 0 Å². The summed E-state index contributed by atoms with van der Waals surface area (Å²) in [4.78, 5) is 0.553. The van der Waals surface area contributed by atoms with Crippen LogP contribution in [-0.2, 0) is 6.18 Å². The lowest BCUT2D eigenvalue weighted by Crippen LogP contribution is -2.08. The highest BCUT2D eigenvalue weighted by atomic mass is 32.2. The zero-order valence-corrected chi connectivity index (χ0v) is 9.11. The summed E-state index contributed by atoms with van der Waals surface area (Å²) < 4.78 is 38.1. The van der Waals surface area contributed by atoms with Crippen molar-refractivity contribution in [2.45, 2.75) is 23.9 Å². The molecule has 1 aliphatic heterocycles. The molecular weight excluding hydrogens is 221 g/mol. The van der Waals surface area contributed by atoms with Crippen LogP contribution in [0.3, 0.4) is 0 Å². The molecule has 0 unspecified atom stereocenters. The molecule has 0 aliphatic carbocycles. The molecule has 15 heavy (non-hydrogen) atoms. The van der Waals surface area contributed by atoms with Gasteiger partial charge in [0.05, 0.1) is 5.56 Å². The molecule has 84 valence electrons. The van der Waals surface area contributed by atoms with Gasteiger partial charge in [0.15, 0.2) is 0 Å². The lowest BCUT2D eigenvalue weighted by molar-refractivity contribution is -0.139. The van der Waals surface area contributed by atoms with Crippen LogP contribution in [0.5, 0.6) is 0 Å². The Kier molecular flexibility index (Phi) is 2.96. The smallest absolute Gasteiger partial charge is 0.226 e. The van der Waals surface area contributed by atoms with Crippen LogP contribution >= 0.6 is 10.9 Å². The van der Waals surface area contributed by atoms with Crippen LogP contribution in [0.25, 0.3) is 0 Å². The number of rotatable bonds is 1. The zero-order chi connectivity index (χ0) is 10.9. The van der Waals surface area contributed by atoms with Gasteiger partial charge in [0.1, 0.15) is 0 Å². The fourth-order valence-electron chi connectivity index (χ4n) is 1.95. The third-order valence-electron chi connectivity index (χ3n) is 2.66. The fraction of sp³-hybridized carbons (Fsp3) is 0.455.